The van der Waals surface area contributed by atoms with Crippen LogP contribution in [0.5, 0.6) is 0 Å². The molecule has 0 fully saturated rings. The molecule has 0 aromatic rings. The Morgan fingerprint density at radius 1 is 1.50 bits per heavy atom. The van der Waals surface area contributed by atoms with Crippen LogP contribution in [0.15, 0.2) is 0 Å². The van der Waals surface area contributed by atoms with E-state index in [0.717, 1.165) is 5.75 Å². The van der Waals surface area contributed by atoms with Crippen molar-refractivity contribution in [2.75, 3.05) is 30.6 Å². The van der Waals surface area contributed by atoms with Gasteiger partial charge in [0.2, 0.25) is 5.91 Å². The van der Waals surface area contributed by atoms with Crippen LogP contribution in [0.2, 0.25) is 0 Å². The molecule has 0 saturated carbocycles. The van der Waals surface area contributed by atoms with Crippen molar-refractivity contribution in [1.82, 2.24) is 5.32 Å². The third kappa shape index (κ3) is 7.38. The minimum Gasteiger partial charge on any atom is -0.387 e. The standard InChI is InChI=1S/C10H22N2O2S2/c1-10(14,7-16-3)6-12-9(13)8(11)4-5-15-2/h8,14H,4-7,11H2,1-3H3,(H,12,13)/t8-,10?/m1/s1. The third-order valence-corrected chi connectivity index (χ3v) is 3.62. The fourth-order valence-corrected chi connectivity index (χ4v) is 2.36. The van der Waals surface area contributed by atoms with Crippen molar-refractivity contribution < 1.29 is 9.90 Å². The maximum absolute atomic E-state index is 11.5. The van der Waals surface area contributed by atoms with Gasteiger partial charge in [0.25, 0.3) is 0 Å². The lowest BCUT2D eigenvalue weighted by molar-refractivity contribution is -0.123. The summed E-state index contributed by atoms with van der Waals surface area (Å²) in [6.07, 6.45) is 4.56. The number of carbonyl (C=O) groups is 1. The number of rotatable bonds is 8. The first-order valence-electron chi connectivity index (χ1n) is 5.16. The van der Waals surface area contributed by atoms with E-state index < -0.39 is 11.6 Å². The summed E-state index contributed by atoms with van der Waals surface area (Å²) in [7, 11) is 0. The van der Waals surface area contributed by atoms with Crippen LogP contribution < -0.4 is 11.1 Å². The van der Waals surface area contributed by atoms with Crippen molar-refractivity contribution in [3.05, 3.63) is 0 Å². The molecule has 4 N–H and O–H groups in total. The van der Waals surface area contributed by atoms with Gasteiger partial charge < -0.3 is 16.2 Å². The topological polar surface area (TPSA) is 75.4 Å². The Labute approximate surface area is 106 Å². The van der Waals surface area contributed by atoms with E-state index in [4.69, 9.17) is 5.73 Å². The van der Waals surface area contributed by atoms with Crippen LogP contribution in [0.3, 0.4) is 0 Å². The quantitative estimate of drug-likeness (QED) is 0.589. The summed E-state index contributed by atoms with van der Waals surface area (Å²) in [5, 5.41) is 12.5. The highest BCUT2D eigenvalue weighted by Gasteiger charge is 2.22. The molecule has 4 nitrogen and oxygen atoms in total. The van der Waals surface area contributed by atoms with Gasteiger partial charge in [-0.3, -0.25) is 4.79 Å². The van der Waals surface area contributed by atoms with Crippen LogP contribution in [0.1, 0.15) is 13.3 Å². The molecule has 6 heteroatoms. The summed E-state index contributed by atoms with van der Waals surface area (Å²) < 4.78 is 0. The average molecular weight is 266 g/mol. The van der Waals surface area contributed by atoms with Crippen molar-refractivity contribution in [3.8, 4) is 0 Å². The second-order valence-corrected chi connectivity index (χ2v) is 5.89. The van der Waals surface area contributed by atoms with E-state index in [9.17, 15) is 9.90 Å². The molecular formula is C10H22N2O2S2. The molecule has 0 saturated heterocycles. The zero-order chi connectivity index (χ0) is 12.6. The lowest BCUT2D eigenvalue weighted by Gasteiger charge is -2.23. The van der Waals surface area contributed by atoms with E-state index in [1.165, 1.54) is 0 Å². The monoisotopic (exact) mass is 266 g/mol. The molecular weight excluding hydrogens is 244 g/mol. The summed E-state index contributed by atoms with van der Waals surface area (Å²) >= 11 is 3.21. The number of hydrogen-bond donors (Lipinski definition) is 3. The molecule has 2 atom stereocenters. The van der Waals surface area contributed by atoms with Gasteiger partial charge >= 0.3 is 0 Å². The minimum absolute atomic E-state index is 0.185. The Morgan fingerprint density at radius 2 is 2.12 bits per heavy atom. The fourth-order valence-electron chi connectivity index (χ4n) is 1.15. The van der Waals surface area contributed by atoms with Gasteiger partial charge in [-0.05, 0) is 31.6 Å². The molecule has 0 aromatic carbocycles. The van der Waals surface area contributed by atoms with Gasteiger partial charge in [-0.2, -0.15) is 23.5 Å². The summed E-state index contributed by atoms with van der Waals surface area (Å²) in [6.45, 7) is 1.96. The first-order valence-corrected chi connectivity index (χ1v) is 7.95. The predicted molar refractivity (Wildman–Crippen MR) is 73.0 cm³/mol. The third-order valence-electron chi connectivity index (χ3n) is 2.07. The molecule has 0 aliphatic heterocycles. The Bertz CT molecular complexity index is 213. The molecule has 1 unspecified atom stereocenters. The van der Waals surface area contributed by atoms with Gasteiger partial charge in [-0.25, -0.2) is 0 Å². The summed E-state index contributed by atoms with van der Waals surface area (Å²) in [5.74, 6) is 1.28. The van der Waals surface area contributed by atoms with E-state index >= 15 is 0 Å². The molecule has 0 bridgehead atoms. The van der Waals surface area contributed by atoms with Gasteiger partial charge in [0.1, 0.15) is 0 Å². The maximum atomic E-state index is 11.5. The number of amides is 1. The van der Waals surface area contributed by atoms with Crippen molar-refractivity contribution in [2.45, 2.75) is 25.0 Å². The highest BCUT2D eigenvalue weighted by Crippen LogP contribution is 2.09. The Kier molecular flexibility index (Phi) is 8.27. The molecule has 16 heavy (non-hydrogen) atoms. The molecule has 0 radical (unpaired) electrons. The van der Waals surface area contributed by atoms with E-state index in [1.54, 1.807) is 30.4 Å². The largest absolute Gasteiger partial charge is 0.387 e. The van der Waals surface area contributed by atoms with Gasteiger partial charge in [0.05, 0.1) is 11.6 Å². The summed E-state index contributed by atoms with van der Waals surface area (Å²) in [5.41, 5.74) is 4.83. The van der Waals surface area contributed by atoms with E-state index in [-0.39, 0.29) is 12.5 Å². The number of aliphatic hydroxyl groups is 1. The van der Waals surface area contributed by atoms with Gasteiger partial charge in [0, 0.05) is 12.3 Å². The zero-order valence-corrected chi connectivity index (χ0v) is 11.8. The second-order valence-electron chi connectivity index (χ2n) is 4.04. The van der Waals surface area contributed by atoms with Crippen LogP contribution in [-0.4, -0.2) is 53.2 Å². The maximum Gasteiger partial charge on any atom is 0.237 e. The minimum atomic E-state index is -0.867. The predicted octanol–water partition coefficient (Wildman–Crippen LogP) is 0.297. The van der Waals surface area contributed by atoms with Crippen molar-refractivity contribution in [2.24, 2.45) is 5.73 Å². The lowest BCUT2D eigenvalue weighted by atomic mass is 10.1. The Balaban J connectivity index is 3.87. The summed E-state index contributed by atoms with van der Waals surface area (Å²) in [4.78, 5) is 11.5. The average Bonchev–Trinajstić information content (AvgIpc) is 2.22. The Morgan fingerprint density at radius 3 is 2.62 bits per heavy atom. The second kappa shape index (κ2) is 8.22. The first-order chi connectivity index (χ1) is 7.43. The molecule has 0 heterocycles. The van der Waals surface area contributed by atoms with Crippen LogP contribution in [0.25, 0.3) is 0 Å². The molecule has 0 spiro atoms. The molecule has 96 valence electrons. The van der Waals surface area contributed by atoms with Crippen molar-refractivity contribution >= 4 is 29.4 Å². The van der Waals surface area contributed by atoms with Gasteiger partial charge in [-0.1, -0.05) is 0 Å². The van der Waals surface area contributed by atoms with Gasteiger partial charge in [-0.15, -0.1) is 0 Å². The van der Waals surface area contributed by atoms with Crippen molar-refractivity contribution in [1.29, 1.82) is 0 Å². The van der Waals surface area contributed by atoms with Crippen LogP contribution >= 0.6 is 23.5 Å². The number of nitrogens with one attached hydrogen (secondary N) is 1. The lowest BCUT2D eigenvalue weighted by Crippen LogP contribution is -2.48. The van der Waals surface area contributed by atoms with E-state index in [1.807, 2.05) is 12.5 Å². The summed E-state index contributed by atoms with van der Waals surface area (Å²) in [6, 6.07) is -0.475. The molecule has 0 aromatic heterocycles. The number of thioether (sulfide) groups is 2. The molecule has 0 rings (SSSR count). The molecule has 1 amide bonds. The number of hydrogen-bond acceptors (Lipinski definition) is 5. The fraction of sp³-hybridized carbons (Fsp3) is 0.900. The van der Waals surface area contributed by atoms with E-state index in [0.29, 0.717) is 12.2 Å². The highest BCUT2D eigenvalue weighted by molar-refractivity contribution is 7.98. The van der Waals surface area contributed by atoms with Crippen molar-refractivity contribution in [3.63, 3.8) is 0 Å². The van der Waals surface area contributed by atoms with Crippen LogP contribution in [0.4, 0.5) is 0 Å². The SMILES string of the molecule is CSCC[C@@H](N)C(=O)NCC(C)(O)CSC. The van der Waals surface area contributed by atoms with Gasteiger partial charge in [0.15, 0.2) is 0 Å². The van der Waals surface area contributed by atoms with Crippen LogP contribution in [0, 0.1) is 0 Å². The number of carbonyl (C=O) groups excluding carboxylic acids is 1. The molecule has 0 aliphatic rings. The Hall–Kier alpha value is 0.0900. The number of nitrogens with two attached hydrogens (primary N) is 1. The smallest absolute Gasteiger partial charge is 0.237 e. The highest BCUT2D eigenvalue weighted by atomic mass is 32.2. The zero-order valence-electron chi connectivity index (χ0n) is 10.2. The van der Waals surface area contributed by atoms with Crippen LogP contribution in [-0.2, 0) is 4.79 Å². The van der Waals surface area contributed by atoms with E-state index in [2.05, 4.69) is 5.32 Å². The molecule has 0 aliphatic carbocycles. The first kappa shape index (κ1) is 16.1. The normalized spacial score (nSPS) is 16.6.